The number of aryl methyl sites for hydroxylation is 1. The number of nitrogens with zero attached hydrogens (tertiary/aromatic N) is 3. The summed E-state index contributed by atoms with van der Waals surface area (Å²) in [5.41, 5.74) is 1.22. The molecular weight excluding hydrogens is 347 g/mol. The Kier molecular flexibility index (Phi) is 5.81. The number of anilines is 1. The van der Waals surface area contributed by atoms with Crippen molar-refractivity contribution in [2.24, 2.45) is 7.05 Å². The Hall–Kier alpha value is -2.80. The van der Waals surface area contributed by atoms with E-state index in [1.54, 1.807) is 37.5 Å². The van der Waals surface area contributed by atoms with Gasteiger partial charge < -0.3 is 10.4 Å². The number of halogens is 1. The summed E-state index contributed by atoms with van der Waals surface area (Å²) in [7, 11) is 1.64. The molecule has 27 heavy (non-hydrogen) atoms. The predicted molar refractivity (Wildman–Crippen MR) is 103 cm³/mol. The zero-order valence-corrected chi connectivity index (χ0v) is 15.4. The van der Waals surface area contributed by atoms with Crippen molar-refractivity contribution in [1.29, 1.82) is 0 Å². The standard InChI is InChI=1S/C20H23FN4O2/c1-3-6-16(12-26)23-20-22-11-15-10-14(19(27)25(2)18(15)24-20)9-13-7-4-5-8-17(13)21/h4-5,7-8,10-11,16,26H,3,6,9,12H2,1-2H3,(H,22,23,24). The second-order valence-corrected chi connectivity index (χ2v) is 6.59. The van der Waals surface area contributed by atoms with Crippen molar-refractivity contribution < 1.29 is 9.50 Å². The molecule has 3 aromatic rings. The zero-order valence-electron chi connectivity index (χ0n) is 15.4. The minimum atomic E-state index is -0.332. The molecular formula is C20H23FN4O2. The number of pyridine rings is 1. The molecule has 2 N–H and O–H groups in total. The summed E-state index contributed by atoms with van der Waals surface area (Å²) in [5.74, 6) is 0.0354. The monoisotopic (exact) mass is 370 g/mol. The highest BCUT2D eigenvalue weighted by atomic mass is 19.1. The highest BCUT2D eigenvalue weighted by molar-refractivity contribution is 5.76. The lowest BCUT2D eigenvalue weighted by Gasteiger charge is -2.16. The topological polar surface area (TPSA) is 80.0 Å². The van der Waals surface area contributed by atoms with Crippen molar-refractivity contribution in [3.8, 4) is 0 Å². The summed E-state index contributed by atoms with van der Waals surface area (Å²) in [5, 5.41) is 13.2. The van der Waals surface area contributed by atoms with E-state index in [2.05, 4.69) is 15.3 Å². The van der Waals surface area contributed by atoms with Crippen LogP contribution in [0.1, 0.15) is 30.9 Å². The molecule has 0 spiro atoms. The van der Waals surface area contributed by atoms with Gasteiger partial charge in [-0.1, -0.05) is 31.5 Å². The van der Waals surface area contributed by atoms with Crippen LogP contribution in [0.5, 0.6) is 0 Å². The maximum absolute atomic E-state index is 13.9. The first-order valence-electron chi connectivity index (χ1n) is 9.00. The second-order valence-electron chi connectivity index (χ2n) is 6.59. The number of fused-ring (bicyclic) bond motifs is 1. The first-order valence-corrected chi connectivity index (χ1v) is 9.00. The van der Waals surface area contributed by atoms with E-state index < -0.39 is 0 Å². The van der Waals surface area contributed by atoms with Crippen molar-refractivity contribution in [1.82, 2.24) is 14.5 Å². The van der Waals surface area contributed by atoms with E-state index in [1.807, 2.05) is 6.92 Å². The highest BCUT2D eigenvalue weighted by Crippen LogP contribution is 2.16. The van der Waals surface area contributed by atoms with Crippen molar-refractivity contribution >= 4 is 17.0 Å². The van der Waals surface area contributed by atoms with Crippen LogP contribution in [0.2, 0.25) is 0 Å². The van der Waals surface area contributed by atoms with Gasteiger partial charge in [0.2, 0.25) is 5.95 Å². The number of aromatic nitrogens is 3. The SMILES string of the molecule is CCCC(CO)Nc1ncc2cc(Cc3ccccc3F)c(=O)n(C)c2n1. The Morgan fingerprint density at radius 1 is 1.30 bits per heavy atom. The highest BCUT2D eigenvalue weighted by Gasteiger charge is 2.13. The summed E-state index contributed by atoms with van der Waals surface area (Å²) in [6.45, 7) is 2.02. The fourth-order valence-corrected chi connectivity index (χ4v) is 3.10. The molecule has 0 aliphatic rings. The molecule has 142 valence electrons. The van der Waals surface area contributed by atoms with Gasteiger partial charge in [0.1, 0.15) is 11.5 Å². The van der Waals surface area contributed by atoms with Crippen molar-refractivity contribution in [3.05, 3.63) is 63.8 Å². The van der Waals surface area contributed by atoms with E-state index in [0.29, 0.717) is 28.1 Å². The molecule has 1 aromatic carbocycles. The molecule has 1 unspecified atom stereocenters. The molecule has 0 fully saturated rings. The number of hydrogen-bond acceptors (Lipinski definition) is 5. The van der Waals surface area contributed by atoms with E-state index in [-0.39, 0.29) is 30.4 Å². The van der Waals surface area contributed by atoms with Crippen LogP contribution in [-0.2, 0) is 13.5 Å². The van der Waals surface area contributed by atoms with Gasteiger partial charge in [-0.2, -0.15) is 4.98 Å². The van der Waals surface area contributed by atoms with Crippen molar-refractivity contribution in [2.75, 3.05) is 11.9 Å². The minimum absolute atomic E-state index is 0.0181. The van der Waals surface area contributed by atoms with E-state index >= 15 is 0 Å². The van der Waals surface area contributed by atoms with Crippen LogP contribution in [0.4, 0.5) is 10.3 Å². The summed E-state index contributed by atoms with van der Waals surface area (Å²) in [4.78, 5) is 21.4. The molecule has 7 heteroatoms. The summed E-state index contributed by atoms with van der Waals surface area (Å²) >= 11 is 0. The fraction of sp³-hybridized carbons (Fsp3) is 0.350. The lowest BCUT2D eigenvalue weighted by atomic mass is 10.0. The van der Waals surface area contributed by atoms with Crippen LogP contribution in [0.25, 0.3) is 11.0 Å². The minimum Gasteiger partial charge on any atom is -0.394 e. The Bertz CT molecular complexity index is 1000. The third-order valence-corrected chi connectivity index (χ3v) is 4.55. The van der Waals surface area contributed by atoms with Gasteiger partial charge in [0.05, 0.1) is 12.6 Å². The molecule has 0 radical (unpaired) electrons. The first kappa shape index (κ1) is 19.0. The number of aliphatic hydroxyl groups excluding tert-OH is 1. The maximum Gasteiger partial charge on any atom is 0.255 e. The number of aliphatic hydroxyl groups is 1. The van der Waals surface area contributed by atoms with Gasteiger partial charge >= 0.3 is 0 Å². The molecule has 2 aromatic heterocycles. The largest absolute Gasteiger partial charge is 0.394 e. The maximum atomic E-state index is 13.9. The average Bonchev–Trinajstić information content (AvgIpc) is 2.67. The molecule has 6 nitrogen and oxygen atoms in total. The van der Waals surface area contributed by atoms with Gasteiger partial charge in [-0.15, -0.1) is 0 Å². The van der Waals surface area contributed by atoms with Gasteiger partial charge in [-0.05, 0) is 24.1 Å². The third kappa shape index (κ3) is 4.14. The molecule has 0 aliphatic heterocycles. The number of hydrogen-bond donors (Lipinski definition) is 2. The number of rotatable bonds is 7. The average molecular weight is 370 g/mol. The van der Waals surface area contributed by atoms with E-state index in [9.17, 15) is 14.3 Å². The van der Waals surface area contributed by atoms with Gasteiger partial charge in [0, 0.05) is 30.6 Å². The molecule has 0 saturated heterocycles. The Morgan fingerprint density at radius 3 is 2.78 bits per heavy atom. The fourth-order valence-electron chi connectivity index (χ4n) is 3.10. The summed E-state index contributed by atoms with van der Waals surface area (Å²) < 4.78 is 15.4. The van der Waals surface area contributed by atoms with Gasteiger partial charge in [-0.25, -0.2) is 9.37 Å². The van der Waals surface area contributed by atoms with Gasteiger partial charge in [0.25, 0.3) is 5.56 Å². The number of benzene rings is 1. The van der Waals surface area contributed by atoms with Crippen LogP contribution >= 0.6 is 0 Å². The smallest absolute Gasteiger partial charge is 0.255 e. The second kappa shape index (κ2) is 8.26. The first-order chi connectivity index (χ1) is 13.0. The molecule has 0 amide bonds. The molecule has 0 bridgehead atoms. The zero-order chi connectivity index (χ0) is 19.4. The number of nitrogens with one attached hydrogen (secondary N) is 1. The van der Waals surface area contributed by atoms with Gasteiger partial charge in [-0.3, -0.25) is 9.36 Å². The third-order valence-electron chi connectivity index (χ3n) is 4.55. The normalized spacial score (nSPS) is 12.3. The molecule has 2 heterocycles. The molecule has 1 atom stereocenters. The Morgan fingerprint density at radius 2 is 2.07 bits per heavy atom. The van der Waals surface area contributed by atoms with E-state index in [0.717, 1.165) is 12.8 Å². The summed E-state index contributed by atoms with van der Waals surface area (Å²) in [6, 6.07) is 8.01. The molecule has 0 aliphatic carbocycles. The molecule has 0 saturated carbocycles. The van der Waals surface area contributed by atoms with Gasteiger partial charge in [0.15, 0.2) is 0 Å². The van der Waals surface area contributed by atoms with Crippen LogP contribution in [-0.4, -0.2) is 32.3 Å². The van der Waals surface area contributed by atoms with Crippen molar-refractivity contribution in [2.45, 2.75) is 32.2 Å². The van der Waals surface area contributed by atoms with E-state index in [1.165, 1.54) is 10.6 Å². The Labute approximate surface area is 156 Å². The van der Waals surface area contributed by atoms with Crippen molar-refractivity contribution in [3.63, 3.8) is 0 Å². The van der Waals surface area contributed by atoms with E-state index in [4.69, 9.17) is 0 Å². The Balaban J connectivity index is 1.96. The van der Waals surface area contributed by atoms with Crippen LogP contribution in [0.3, 0.4) is 0 Å². The lowest BCUT2D eigenvalue weighted by molar-refractivity contribution is 0.268. The lowest BCUT2D eigenvalue weighted by Crippen LogP contribution is -2.26. The van der Waals surface area contributed by atoms with Crippen LogP contribution in [0.15, 0.2) is 41.3 Å². The molecule has 3 rings (SSSR count). The van der Waals surface area contributed by atoms with Crippen LogP contribution < -0.4 is 10.9 Å². The predicted octanol–water partition coefficient (Wildman–Crippen LogP) is 2.63. The summed E-state index contributed by atoms with van der Waals surface area (Å²) in [6.07, 6.45) is 3.55. The quantitative estimate of drug-likeness (QED) is 0.668. The van der Waals surface area contributed by atoms with Crippen LogP contribution in [0, 0.1) is 5.82 Å².